The fourth-order valence-electron chi connectivity index (χ4n) is 1.88. The quantitative estimate of drug-likeness (QED) is 0.849. The number of amides is 1. The SMILES string of the molecule is O=C(O)NCCc1ccc2c(c1)CCCS2. The minimum atomic E-state index is -0.950. The van der Waals surface area contributed by atoms with Gasteiger partial charge in [0.2, 0.25) is 0 Å². The Morgan fingerprint density at radius 3 is 3.19 bits per heavy atom. The van der Waals surface area contributed by atoms with E-state index in [1.165, 1.54) is 28.2 Å². The number of aryl methyl sites for hydroxylation is 1. The summed E-state index contributed by atoms with van der Waals surface area (Å²) < 4.78 is 0. The number of thioether (sulfide) groups is 1. The summed E-state index contributed by atoms with van der Waals surface area (Å²) in [6, 6.07) is 6.47. The first-order valence-corrected chi connectivity index (χ1v) is 6.45. The molecule has 0 saturated carbocycles. The van der Waals surface area contributed by atoms with Crippen LogP contribution < -0.4 is 5.32 Å². The Morgan fingerprint density at radius 1 is 1.50 bits per heavy atom. The first-order valence-electron chi connectivity index (χ1n) is 5.47. The molecule has 2 N–H and O–H groups in total. The molecule has 0 aromatic heterocycles. The highest BCUT2D eigenvalue weighted by atomic mass is 32.2. The van der Waals surface area contributed by atoms with E-state index < -0.39 is 6.09 Å². The van der Waals surface area contributed by atoms with Crippen LogP contribution in [-0.4, -0.2) is 23.5 Å². The highest BCUT2D eigenvalue weighted by Crippen LogP contribution is 2.30. The summed E-state index contributed by atoms with van der Waals surface area (Å²) >= 11 is 1.92. The monoisotopic (exact) mass is 237 g/mol. The number of carboxylic acid groups (broad SMARTS) is 1. The highest BCUT2D eigenvalue weighted by Gasteiger charge is 2.09. The first kappa shape index (κ1) is 11.3. The zero-order chi connectivity index (χ0) is 11.4. The average molecular weight is 237 g/mol. The second kappa shape index (κ2) is 5.25. The molecule has 1 aliphatic rings. The Bertz CT molecular complexity index is 393. The van der Waals surface area contributed by atoms with Crippen LogP contribution in [0.1, 0.15) is 17.5 Å². The van der Waals surface area contributed by atoms with E-state index in [9.17, 15) is 4.79 Å². The van der Waals surface area contributed by atoms with E-state index in [0.29, 0.717) is 6.54 Å². The maximum Gasteiger partial charge on any atom is 0.404 e. The van der Waals surface area contributed by atoms with E-state index >= 15 is 0 Å². The Labute approximate surface area is 99.2 Å². The molecule has 1 aromatic rings. The summed E-state index contributed by atoms with van der Waals surface area (Å²) in [5.74, 6) is 1.22. The van der Waals surface area contributed by atoms with Crippen molar-refractivity contribution in [1.29, 1.82) is 0 Å². The van der Waals surface area contributed by atoms with Crippen molar-refractivity contribution in [2.24, 2.45) is 0 Å². The van der Waals surface area contributed by atoms with Gasteiger partial charge in [-0.3, -0.25) is 0 Å². The smallest absolute Gasteiger partial charge is 0.404 e. The molecule has 0 unspecified atom stereocenters. The lowest BCUT2D eigenvalue weighted by Crippen LogP contribution is -2.23. The van der Waals surface area contributed by atoms with Crippen molar-refractivity contribution in [3.63, 3.8) is 0 Å². The molecular weight excluding hydrogens is 222 g/mol. The summed E-state index contributed by atoms with van der Waals surface area (Å²) in [6.45, 7) is 0.487. The minimum Gasteiger partial charge on any atom is -0.465 e. The van der Waals surface area contributed by atoms with E-state index in [4.69, 9.17) is 5.11 Å². The van der Waals surface area contributed by atoms with Crippen LogP contribution in [0.25, 0.3) is 0 Å². The van der Waals surface area contributed by atoms with Crippen molar-refractivity contribution >= 4 is 17.9 Å². The average Bonchev–Trinajstić information content (AvgIpc) is 2.28. The summed E-state index contributed by atoms with van der Waals surface area (Å²) in [5, 5.41) is 10.9. The molecule has 0 spiro atoms. The molecule has 1 heterocycles. The van der Waals surface area contributed by atoms with E-state index in [2.05, 4.69) is 23.5 Å². The third-order valence-electron chi connectivity index (χ3n) is 2.66. The van der Waals surface area contributed by atoms with Crippen molar-refractivity contribution in [3.05, 3.63) is 29.3 Å². The van der Waals surface area contributed by atoms with Crippen molar-refractivity contribution in [2.75, 3.05) is 12.3 Å². The molecule has 0 radical (unpaired) electrons. The molecule has 0 aliphatic carbocycles. The van der Waals surface area contributed by atoms with Gasteiger partial charge in [-0.2, -0.15) is 0 Å². The summed E-state index contributed by atoms with van der Waals surface area (Å²) in [6.07, 6.45) is 2.22. The number of carbonyl (C=O) groups is 1. The first-order chi connectivity index (χ1) is 7.75. The minimum absolute atomic E-state index is 0.487. The van der Waals surface area contributed by atoms with E-state index in [1.54, 1.807) is 0 Å². The third-order valence-corrected chi connectivity index (χ3v) is 3.86. The van der Waals surface area contributed by atoms with Crippen molar-refractivity contribution in [2.45, 2.75) is 24.2 Å². The van der Waals surface area contributed by atoms with Crippen molar-refractivity contribution in [1.82, 2.24) is 5.32 Å². The molecule has 86 valence electrons. The van der Waals surface area contributed by atoms with Crippen LogP contribution in [0.5, 0.6) is 0 Å². The predicted octanol–water partition coefficient (Wildman–Crippen LogP) is 2.54. The second-order valence-electron chi connectivity index (χ2n) is 3.88. The fraction of sp³-hybridized carbons (Fsp3) is 0.417. The van der Waals surface area contributed by atoms with Gasteiger partial charge in [0.05, 0.1) is 0 Å². The number of benzene rings is 1. The zero-order valence-electron chi connectivity index (χ0n) is 9.03. The highest BCUT2D eigenvalue weighted by molar-refractivity contribution is 7.99. The maximum absolute atomic E-state index is 10.3. The Kier molecular flexibility index (Phi) is 3.72. The van der Waals surface area contributed by atoms with Crippen LogP contribution in [-0.2, 0) is 12.8 Å². The summed E-state index contributed by atoms with van der Waals surface area (Å²) in [4.78, 5) is 11.7. The predicted molar refractivity (Wildman–Crippen MR) is 65.2 cm³/mol. The number of hydrogen-bond donors (Lipinski definition) is 2. The van der Waals surface area contributed by atoms with Crippen LogP contribution in [0.2, 0.25) is 0 Å². The molecule has 0 atom stereocenters. The van der Waals surface area contributed by atoms with Gasteiger partial charge in [-0.05, 0) is 42.2 Å². The molecule has 0 bridgehead atoms. The molecule has 4 heteroatoms. The van der Waals surface area contributed by atoms with E-state index in [-0.39, 0.29) is 0 Å². The summed E-state index contributed by atoms with van der Waals surface area (Å²) in [5.41, 5.74) is 2.64. The number of rotatable bonds is 3. The molecule has 0 saturated heterocycles. The van der Waals surface area contributed by atoms with Gasteiger partial charge >= 0.3 is 6.09 Å². The molecule has 0 fully saturated rings. The Hall–Kier alpha value is -1.16. The van der Waals surface area contributed by atoms with Crippen molar-refractivity contribution < 1.29 is 9.90 Å². The lowest BCUT2D eigenvalue weighted by Gasteiger charge is -2.16. The van der Waals surface area contributed by atoms with Gasteiger partial charge in [0, 0.05) is 11.4 Å². The number of nitrogens with one attached hydrogen (secondary N) is 1. The van der Waals surface area contributed by atoms with Crippen LogP contribution >= 0.6 is 11.8 Å². The topological polar surface area (TPSA) is 49.3 Å². The van der Waals surface area contributed by atoms with Crippen LogP contribution in [0, 0.1) is 0 Å². The van der Waals surface area contributed by atoms with Gasteiger partial charge in [-0.1, -0.05) is 12.1 Å². The Balaban J connectivity index is 1.97. The second-order valence-corrected chi connectivity index (χ2v) is 5.01. The van der Waals surface area contributed by atoms with Gasteiger partial charge in [-0.15, -0.1) is 11.8 Å². The molecule has 2 rings (SSSR count). The largest absolute Gasteiger partial charge is 0.465 e. The Morgan fingerprint density at radius 2 is 2.38 bits per heavy atom. The third kappa shape index (κ3) is 2.92. The summed E-state index contributed by atoms with van der Waals surface area (Å²) in [7, 11) is 0. The lowest BCUT2D eigenvalue weighted by atomic mass is 10.0. The van der Waals surface area contributed by atoms with Gasteiger partial charge in [0.15, 0.2) is 0 Å². The van der Waals surface area contributed by atoms with Crippen LogP contribution in [0.3, 0.4) is 0 Å². The van der Waals surface area contributed by atoms with Gasteiger partial charge in [0.25, 0.3) is 0 Å². The van der Waals surface area contributed by atoms with Gasteiger partial charge in [-0.25, -0.2) is 4.79 Å². The zero-order valence-corrected chi connectivity index (χ0v) is 9.85. The molecule has 1 aromatic carbocycles. The molecule has 3 nitrogen and oxygen atoms in total. The van der Waals surface area contributed by atoms with Crippen LogP contribution in [0.4, 0.5) is 4.79 Å². The normalized spacial score (nSPS) is 14.2. The number of hydrogen-bond acceptors (Lipinski definition) is 2. The molecule has 1 aliphatic heterocycles. The molecule has 16 heavy (non-hydrogen) atoms. The lowest BCUT2D eigenvalue weighted by molar-refractivity contribution is 0.194. The van der Waals surface area contributed by atoms with E-state index in [0.717, 1.165) is 12.8 Å². The molecular formula is C12H15NO2S. The van der Waals surface area contributed by atoms with Gasteiger partial charge in [0.1, 0.15) is 0 Å². The van der Waals surface area contributed by atoms with Crippen molar-refractivity contribution in [3.8, 4) is 0 Å². The van der Waals surface area contributed by atoms with E-state index in [1.807, 2.05) is 11.8 Å². The standard InChI is InChI=1S/C12H15NO2S/c14-12(15)13-6-5-9-3-4-11-10(8-9)2-1-7-16-11/h3-4,8,13H,1-2,5-7H2,(H,14,15). The van der Waals surface area contributed by atoms with Crippen LogP contribution in [0.15, 0.2) is 23.1 Å². The fourth-order valence-corrected chi connectivity index (χ4v) is 2.90. The molecule has 1 amide bonds. The number of fused-ring (bicyclic) bond motifs is 1. The maximum atomic E-state index is 10.3. The van der Waals surface area contributed by atoms with Gasteiger partial charge < -0.3 is 10.4 Å².